The predicted octanol–water partition coefficient (Wildman–Crippen LogP) is 3.10. The molecule has 0 bridgehead atoms. The van der Waals surface area contributed by atoms with Gasteiger partial charge in [-0.3, -0.25) is 4.79 Å². The van der Waals surface area contributed by atoms with Crippen LogP contribution in [0.2, 0.25) is 0 Å². The van der Waals surface area contributed by atoms with Crippen LogP contribution in [0.4, 0.5) is 0 Å². The van der Waals surface area contributed by atoms with E-state index in [0.29, 0.717) is 19.8 Å². The second-order valence-corrected chi connectivity index (χ2v) is 8.77. The summed E-state index contributed by atoms with van der Waals surface area (Å²) in [6.45, 7) is 4.55. The summed E-state index contributed by atoms with van der Waals surface area (Å²) < 4.78 is 17.7. The highest BCUT2D eigenvalue weighted by molar-refractivity contribution is 5.85. The minimum absolute atomic E-state index is 0. The molecule has 29 heavy (non-hydrogen) atoms. The molecule has 3 atom stereocenters. The number of amides is 1. The fourth-order valence-corrected chi connectivity index (χ4v) is 5.62. The van der Waals surface area contributed by atoms with Gasteiger partial charge in [-0.25, -0.2) is 0 Å². The minimum atomic E-state index is -0.354. The summed E-state index contributed by atoms with van der Waals surface area (Å²) in [5.74, 6) is 1.78. The summed E-state index contributed by atoms with van der Waals surface area (Å²) in [4.78, 5) is 15.5. The summed E-state index contributed by atoms with van der Waals surface area (Å²) in [7, 11) is 0. The van der Waals surface area contributed by atoms with Gasteiger partial charge in [-0.05, 0) is 55.9 Å². The number of rotatable bonds is 2. The molecule has 4 aliphatic rings. The van der Waals surface area contributed by atoms with Crippen molar-refractivity contribution >= 4 is 18.3 Å². The van der Waals surface area contributed by atoms with Gasteiger partial charge in [0, 0.05) is 18.5 Å². The lowest BCUT2D eigenvalue weighted by Crippen LogP contribution is -2.51. The molecule has 2 fully saturated rings. The van der Waals surface area contributed by atoms with Crippen LogP contribution < -0.4 is 15.2 Å². The Morgan fingerprint density at radius 1 is 1.17 bits per heavy atom. The fraction of sp³-hybridized carbons (Fsp3) is 0.682. The van der Waals surface area contributed by atoms with Crippen LogP contribution in [0.25, 0.3) is 0 Å². The molecule has 1 aromatic carbocycles. The largest absolute Gasteiger partial charge is 0.486 e. The Morgan fingerprint density at radius 3 is 2.52 bits per heavy atom. The van der Waals surface area contributed by atoms with Gasteiger partial charge in [-0.2, -0.15) is 0 Å². The molecular formula is C22H31ClN2O4. The quantitative estimate of drug-likeness (QED) is 0.792. The van der Waals surface area contributed by atoms with Gasteiger partial charge in [-0.1, -0.05) is 12.8 Å². The first-order valence-electron chi connectivity index (χ1n) is 10.7. The third kappa shape index (κ3) is 3.39. The maximum absolute atomic E-state index is 13.4. The number of benzene rings is 1. The van der Waals surface area contributed by atoms with Gasteiger partial charge in [0.2, 0.25) is 0 Å². The van der Waals surface area contributed by atoms with Crippen LogP contribution in [0.15, 0.2) is 12.1 Å². The summed E-state index contributed by atoms with van der Waals surface area (Å²) in [6.07, 6.45) is 5.95. The van der Waals surface area contributed by atoms with Crippen molar-refractivity contribution in [1.82, 2.24) is 4.90 Å². The van der Waals surface area contributed by atoms with Gasteiger partial charge < -0.3 is 24.8 Å². The van der Waals surface area contributed by atoms with Gasteiger partial charge in [0.15, 0.2) is 11.5 Å². The fourth-order valence-electron chi connectivity index (χ4n) is 5.62. The monoisotopic (exact) mass is 422 g/mol. The van der Waals surface area contributed by atoms with Crippen molar-refractivity contribution in [3.8, 4) is 11.5 Å². The molecule has 1 unspecified atom stereocenters. The van der Waals surface area contributed by atoms with E-state index in [4.69, 9.17) is 19.9 Å². The van der Waals surface area contributed by atoms with Gasteiger partial charge in [0.25, 0.3) is 5.91 Å². The molecule has 3 aliphatic heterocycles. The normalized spacial score (nSPS) is 29.4. The van der Waals surface area contributed by atoms with Gasteiger partial charge in [0.05, 0.1) is 12.1 Å². The van der Waals surface area contributed by atoms with E-state index in [-0.39, 0.29) is 42.0 Å². The average Bonchev–Trinajstić information content (AvgIpc) is 3.39. The summed E-state index contributed by atoms with van der Waals surface area (Å²) >= 11 is 0. The molecule has 1 amide bonds. The third-order valence-corrected chi connectivity index (χ3v) is 7.17. The second kappa shape index (κ2) is 7.97. The van der Waals surface area contributed by atoms with Crippen molar-refractivity contribution in [2.75, 3.05) is 26.3 Å². The number of carbonyl (C=O) groups is 1. The molecule has 1 aromatic rings. The zero-order chi connectivity index (χ0) is 19.3. The molecule has 160 valence electrons. The molecular weight excluding hydrogens is 392 g/mol. The van der Waals surface area contributed by atoms with Gasteiger partial charge in [-0.15, -0.1) is 12.4 Å². The molecule has 1 saturated heterocycles. The molecule has 1 spiro atoms. The van der Waals surface area contributed by atoms with Crippen LogP contribution >= 0.6 is 12.4 Å². The van der Waals surface area contributed by atoms with Crippen LogP contribution in [-0.2, 0) is 14.9 Å². The van der Waals surface area contributed by atoms with Gasteiger partial charge >= 0.3 is 0 Å². The maximum Gasteiger partial charge on any atom is 0.252 e. The van der Waals surface area contributed by atoms with E-state index in [1.165, 1.54) is 24.0 Å². The topological polar surface area (TPSA) is 74.0 Å². The lowest BCUT2D eigenvalue weighted by Gasteiger charge is -2.47. The third-order valence-electron chi connectivity index (χ3n) is 7.17. The Morgan fingerprint density at radius 2 is 1.86 bits per heavy atom. The van der Waals surface area contributed by atoms with E-state index < -0.39 is 0 Å². The number of fused-ring (bicyclic) bond motifs is 3. The highest BCUT2D eigenvalue weighted by Crippen LogP contribution is 2.52. The number of nitrogens with two attached hydrogens (primary N) is 1. The Kier molecular flexibility index (Phi) is 5.70. The Hall–Kier alpha value is -1.50. The van der Waals surface area contributed by atoms with E-state index in [9.17, 15) is 4.79 Å². The molecule has 2 N–H and O–H groups in total. The van der Waals surface area contributed by atoms with Crippen LogP contribution in [-0.4, -0.2) is 49.3 Å². The lowest BCUT2D eigenvalue weighted by molar-refractivity contribution is -0.146. The van der Waals surface area contributed by atoms with E-state index in [0.717, 1.165) is 43.7 Å². The van der Waals surface area contributed by atoms with Crippen LogP contribution in [0, 0.1) is 0 Å². The van der Waals surface area contributed by atoms with Crippen molar-refractivity contribution in [1.29, 1.82) is 0 Å². The van der Waals surface area contributed by atoms with E-state index >= 15 is 0 Å². The zero-order valence-electron chi connectivity index (χ0n) is 17.0. The molecule has 0 aromatic heterocycles. The van der Waals surface area contributed by atoms with E-state index in [1.807, 2.05) is 0 Å². The van der Waals surface area contributed by atoms with Gasteiger partial charge in [0.1, 0.15) is 19.3 Å². The van der Waals surface area contributed by atoms with Crippen LogP contribution in [0.5, 0.6) is 11.5 Å². The first-order valence-corrected chi connectivity index (χ1v) is 10.7. The summed E-state index contributed by atoms with van der Waals surface area (Å²) in [5, 5.41) is 0. The van der Waals surface area contributed by atoms with Crippen molar-refractivity contribution in [2.24, 2.45) is 5.73 Å². The van der Waals surface area contributed by atoms with Crippen molar-refractivity contribution in [3.05, 3.63) is 23.3 Å². The SMILES string of the molecule is CC1c2cc3c(cc2C2(CCCC2)CN1C(=O)[C@@H]1CC[C@H](CN)O1)OCCO3.Cl. The van der Waals surface area contributed by atoms with Crippen molar-refractivity contribution in [2.45, 2.75) is 69.1 Å². The molecule has 5 rings (SSSR count). The number of ether oxygens (including phenoxy) is 3. The first-order chi connectivity index (χ1) is 13.6. The smallest absolute Gasteiger partial charge is 0.252 e. The molecule has 1 saturated carbocycles. The molecule has 0 radical (unpaired) electrons. The van der Waals surface area contributed by atoms with Crippen LogP contribution in [0.3, 0.4) is 0 Å². The Labute approximate surface area is 178 Å². The average molecular weight is 423 g/mol. The molecule has 3 heterocycles. The molecule has 7 heteroatoms. The standard InChI is InChI=1S/C22H30N2O4.ClH/c1-14-16-10-19-20(27-9-8-26-19)11-17(16)22(6-2-3-7-22)13-24(14)21(25)18-5-4-15(12-23)28-18;/h10-11,14-15,18H,2-9,12-13,23H2,1H3;1H/t14?,15-,18+;/m1./s1. The number of nitrogens with zero attached hydrogens (tertiary/aromatic N) is 1. The number of hydrogen-bond acceptors (Lipinski definition) is 5. The highest BCUT2D eigenvalue weighted by atomic mass is 35.5. The number of halogens is 1. The first kappa shape index (κ1) is 20.8. The zero-order valence-corrected chi connectivity index (χ0v) is 17.8. The molecule has 6 nitrogen and oxygen atoms in total. The lowest BCUT2D eigenvalue weighted by atomic mass is 9.71. The van der Waals surface area contributed by atoms with E-state index in [2.05, 4.69) is 24.0 Å². The Balaban J connectivity index is 0.00000205. The Bertz CT molecular complexity index is 780. The van der Waals surface area contributed by atoms with E-state index in [1.54, 1.807) is 0 Å². The van der Waals surface area contributed by atoms with Crippen molar-refractivity contribution in [3.63, 3.8) is 0 Å². The summed E-state index contributed by atoms with van der Waals surface area (Å²) in [5.41, 5.74) is 8.34. The predicted molar refractivity (Wildman–Crippen MR) is 112 cm³/mol. The minimum Gasteiger partial charge on any atom is -0.486 e. The number of hydrogen-bond donors (Lipinski definition) is 1. The maximum atomic E-state index is 13.4. The van der Waals surface area contributed by atoms with Crippen LogP contribution in [0.1, 0.15) is 62.6 Å². The van der Waals surface area contributed by atoms with Crippen molar-refractivity contribution < 1.29 is 19.0 Å². The molecule has 1 aliphatic carbocycles. The number of carbonyl (C=O) groups excluding carboxylic acids is 1. The summed E-state index contributed by atoms with van der Waals surface area (Å²) in [6, 6.07) is 4.32. The second-order valence-electron chi connectivity index (χ2n) is 8.77. The highest BCUT2D eigenvalue weighted by Gasteiger charge is 2.48.